The molecule has 0 N–H and O–H groups in total. The van der Waals surface area contributed by atoms with Crippen molar-refractivity contribution < 1.29 is 9.53 Å². The standard InChI is InChI=1S/C24H24ClNO2.C6H14N2.C2H6/c1-4-20(11-8-18(3)25)23-16-26(24(27)28-23)15-19-9-12-21(13-10-19)22-7-5-6-17(2)14-22;1-7-3-5-8(2)6-4-7;1-2/h4-14,23H,3,15-16H2,1-2H3;3-6H2,1-2H3;1-2H3/b11-8-,20-4+;;. The van der Waals surface area contributed by atoms with Gasteiger partial charge in [0.2, 0.25) is 0 Å². The fourth-order valence-corrected chi connectivity index (χ4v) is 4.20. The number of carbonyl (C=O) groups excluding carboxylic acids is 1. The predicted molar refractivity (Wildman–Crippen MR) is 162 cm³/mol. The second-order valence-electron chi connectivity index (χ2n) is 9.49. The largest absolute Gasteiger partial charge is 0.439 e. The van der Waals surface area contributed by atoms with Gasteiger partial charge in [0, 0.05) is 37.8 Å². The zero-order valence-electron chi connectivity index (χ0n) is 23.9. The number of halogens is 1. The van der Waals surface area contributed by atoms with Crippen molar-refractivity contribution in [2.75, 3.05) is 46.8 Å². The number of nitrogens with zero attached hydrogens (tertiary/aromatic N) is 3. The van der Waals surface area contributed by atoms with Gasteiger partial charge in [0.1, 0.15) is 6.10 Å². The summed E-state index contributed by atoms with van der Waals surface area (Å²) in [5.41, 5.74) is 5.57. The molecular weight excluding hydrogens is 494 g/mol. The summed E-state index contributed by atoms with van der Waals surface area (Å²) < 4.78 is 5.53. The van der Waals surface area contributed by atoms with E-state index in [4.69, 9.17) is 16.3 Å². The topological polar surface area (TPSA) is 36.0 Å². The van der Waals surface area contributed by atoms with Crippen molar-refractivity contribution in [3.8, 4) is 11.1 Å². The number of ether oxygens (including phenoxy) is 1. The van der Waals surface area contributed by atoms with Crippen LogP contribution < -0.4 is 0 Å². The number of carbonyl (C=O) groups is 1. The Hall–Kier alpha value is -2.86. The molecule has 5 nitrogen and oxygen atoms in total. The average molecular weight is 538 g/mol. The number of likely N-dealkylation sites (N-methyl/N-ethyl adjacent to an activating group) is 2. The fourth-order valence-electron chi connectivity index (χ4n) is 4.14. The Balaban J connectivity index is 0.000000428. The van der Waals surface area contributed by atoms with Crippen molar-refractivity contribution in [2.45, 2.75) is 40.3 Å². The third-order valence-electron chi connectivity index (χ3n) is 6.45. The summed E-state index contributed by atoms with van der Waals surface area (Å²) in [5.74, 6) is 0. The molecule has 2 aromatic rings. The zero-order valence-corrected chi connectivity index (χ0v) is 24.7. The second kappa shape index (κ2) is 16.2. The minimum atomic E-state index is -0.301. The van der Waals surface area contributed by atoms with Crippen LogP contribution in [0.5, 0.6) is 0 Å². The first kappa shape index (κ1) is 31.4. The highest BCUT2D eigenvalue weighted by atomic mass is 35.5. The maximum Gasteiger partial charge on any atom is 0.410 e. The van der Waals surface area contributed by atoms with Crippen LogP contribution in [0.2, 0.25) is 0 Å². The lowest BCUT2D eigenvalue weighted by atomic mass is 10.0. The Morgan fingerprint density at radius 1 is 1.00 bits per heavy atom. The SMILES string of the molecule is C=C(Cl)/C=C\C(=C/C)C1CN(Cc2ccc(-c3cccc(C)c3)cc2)C(=O)O1.CC.CN1CCN(C)CC1. The first-order valence-electron chi connectivity index (χ1n) is 13.4. The molecule has 1 atom stereocenters. The Bertz CT molecular complexity index is 1080. The van der Waals surface area contributed by atoms with E-state index in [0.29, 0.717) is 18.1 Å². The number of aryl methyl sites for hydroxylation is 1. The zero-order chi connectivity index (χ0) is 28.1. The smallest absolute Gasteiger partial charge is 0.410 e. The van der Waals surface area contributed by atoms with Gasteiger partial charge in [-0.3, -0.25) is 4.90 Å². The molecule has 2 aliphatic rings. The molecule has 0 aromatic heterocycles. The van der Waals surface area contributed by atoms with E-state index in [0.717, 1.165) is 16.7 Å². The maximum absolute atomic E-state index is 12.3. The summed E-state index contributed by atoms with van der Waals surface area (Å²) in [6, 6.07) is 16.7. The van der Waals surface area contributed by atoms with E-state index in [1.165, 1.54) is 37.3 Å². The first-order chi connectivity index (χ1) is 18.2. The number of hydrogen-bond donors (Lipinski definition) is 0. The summed E-state index contributed by atoms with van der Waals surface area (Å²) >= 11 is 5.79. The highest BCUT2D eigenvalue weighted by Crippen LogP contribution is 2.24. The van der Waals surface area contributed by atoms with Crippen molar-refractivity contribution in [3.05, 3.63) is 95.1 Å². The van der Waals surface area contributed by atoms with Crippen LogP contribution in [0.25, 0.3) is 11.1 Å². The van der Waals surface area contributed by atoms with E-state index >= 15 is 0 Å². The van der Waals surface area contributed by atoms with Gasteiger partial charge in [0.15, 0.2) is 0 Å². The molecule has 2 aliphatic heterocycles. The molecule has 2 fully saturated rings. The van der Waals surface area contributed by atoms with Crippen molar-refractivity contribution in [2.24, 2.45) is 0 Å². The Morgan fingerprint density at radius 2 is 1.61 bits per heavy atom. The van der Waals surface area contributed by atoms with Gasteiger partial charge < -0.3 is 14.5 Å². The van der Waals surface area contributed by atoms with Crippen LogP contribution in [-0.4, -0.2) is 73.7 Å². The number of rotatable bonds is 6. The van der Waals surface area contributed by atoms with E-state index in [2.05, 4.69) is 85.9 Å². The van der Waals surface area contributed by atoms with Gasteiger partial charge in [0.25, 0.3) is 0 Å². The van der Waals surface area contributed by atoms with Crippen molar-refractivity contribution >= 4 is 17.7 Å². The summed E-state index contributed by atoms with van der Waals surface area (Å²) in [5, 5.41) is 0.439. The van der Waals surface area contributed by atoms with Crippen LogP contribution in [0, 0.1) is 6.92 Å². The molecule has 0 radical (unpaired) electrons. The van der Waals surface area contributed by atoms with Crippen molar-refractivity contribution in [1.29, 1.82) is 0 Å². The highest BCUT2D eigenvalue weighted by Gasteiger charge is 2.32. The summed E-state index contributed by atoms with van der Waals surface area (Å²) in [7, 11) is 4.35. The number of cyclic esters (lactones) is 1. The minimum Gasteiger partial charge on any atom is -0.439 e. The Labute approximate surface area is 235 Å². The predicted octanol–water partition coefficient (Wildman–Crippen LogP) is 7.13. The summed E-state index contributed by atoms with van der Waals surface area (Å²) in [6.45, 7) is 17.6. The van der Waals surface area contributed by atoms with E-state index in [1.54, 1.807) is 11.0 Å². The molecule has 0 saturated carbocycles. The molecule has 38 heavy (non-hydrogen) atoms. The minimum absolute atomic E-state index is 0.295. The monoisotopic (exact) mass is 537 g/mol. The summed E-state index contributed by atoms with van der Waals surface area (Å²) in [4.78, 5) is 18.7. The number of hydrogen-bond acceptors (Lipinski definition) is 4. The van der Waals surface area contributed by atoms with Crippen LogP contribution in [0.15, 0.2) is 83.9 Å². The molecule has 0 aliphatic carbocycles. The van der Waals surface area contributed by atoms with E-state index in [9.17, 15) is 4.79 Å². The van der Waals surface area contributed by atoms with Crippen LogP contribution in [0.4, 0.5) is 4.79 Å². The van der Waals surface area contributed by atoms with Crippen molar-refractivity contribution in [3.63, 3.8) is 0 Å². The molecule has 2 heterocycles. The van der Waals surface area contributed by atoms with Gasteiger partial charge in [-0.05, 0) is 56.3 Å². The molecular formula is C32H44ClN3O2. The van der Waals surface area contributed by atoms with E-state index in [1.807, 2.05) is 32.9 Å². The quantitative estimate of drug-likeness (QED) is 0.367. The van der Waals surface area contributed by atoms with Gasteiger partial charge in [-0.15, -0.1) is 0 Å². The van der Waals surface area contributed by atoms with Crippen LogP contribution in [-0.2, 0) is 11.3 Å². The lowest BCUT2D eigenvalue weighted by Gasteiger charge is -2.28. The lowest BCUT2D eigenvalue weighted by Crippen LogP contribution is -2.42. The number of allylic oxidation sites excluding steroid dienone is 3. The third-order valence-corrected chi connectivity index (χ3v) is 6.58. The van der Waals surface area contributed by atoms with Gasteiger partial charge in [-0.1, -0.05) is 98.3 Å². The fraction of sp³-hybridized carbons (Fsp3) is 0.406. The number of amides is 1. The van der Waals surface area contributed by atoms with Crippen molar-refractivity contribution in [1.82, 2.24) is 14.7 Å². The second-order valence-corrected chi connectivity index (χ2v) is 9.98. The Kier molecular flexibility index (Phi) is 13.4. The molecule has 2 aromatic carbocycles. The summed E-state index contributed by atoms with van der Waals surface area (Å²) in [6.07, 6.45) is 4.88. The van der Waals surface area contributed by atoms with Gasteiger partial charge in [0.05, 0.1) is 6.54 Å². The van der Waals surface area contributed by atoms with Gasteiger partial charge >= 0.3 is 6.09 Å². The van der Waals surface area contributed by atoms with Crippen LogP contribution in [0.3, 0.4) is 0 Å². The first-order valence-corrected chi connectivity index (χ1v) is 13.8. The van der Waals surface area contributed by atoms with Crippen LogP contribution in [0.1, 0.15) is 31.9 Å². The number of piperazine rings is 1. The molecule has 2 saturated heterocycles. The molecule has 6 heteroatoms. The maximum atomic E-state index is 12.3. The molecule has 206 valence electrons. The Morgan fingerprint density at radius 3 is 2.13 bits per heavy atom. The normalized spacial score (nSPS) is 18.4. The number of benzene rings is 2. The average Bonchev–Trinajstić information content (AvgIpc) is 3.27. The van der Waals surface area contributed by atoms with Crippen LogP contribution >= 0.6 is 11.6 Å². The third kappa shape index (κ3) is 10.1. The molecule has 1 unspecified atom stereocenters. The molecule has 0 bridgehead atoms. The molecule has 4 rings (SSSR count). The lowest BCUT2D eigenvalue weighted by molar-refractivity contribution is 0.142. The van der Waals surface area contributed by atoms with E-state index in [-0.39, 0.29) is 12.2 Å². The molecule has 1 amide bonds. The van der Waals surface area contributed by atoms with Gasteiger partial charge in [-0.25, -0.2) is 4.79 Å². The highest BCUT2D eigenvalue weighted by molar-refractivity contribution is 6.30. The van der Waals surface area contributed by atoms with E-state index < -0.39 is 0 Å². The van der Waals surface area contributed by atoms with Gasteiger partial charge in [-0.2, -0.15) is 0 Å². The molecule has 0 spiro atoms.